The molecule has 0 saturated carbocycles. The lowest BCUT2D eigenvalue weighted by molar-refractivity contribution is 0.0497. The first-order chi connectivity index (χ1) is 10.2. The van der Waals surface area contributed by atoms with Gasteiger partial charge in [0.05, 0.1) is 0 Å². The van der Waals surface area contributed by atoms with Crippen LogP contribution >= 0.6 is 11.5 Å². The van der Waals surface area contributed by atoms with E-state index in [1.54, 1.807) is 0 Å². The van der Waals surface area contributed by atoms with Gasteiger partial charge in [0.1, 0.15) is 11.4 Å². The van der Waals surface area contributed by atoms with Gasteiger partial charge < -0.3 is 15.0 Å². The van der Waals surface area contributed by atoms with E-state index in [2.05, 4.69) is 33.4 Å². The van der Waals surface area contributed by atoms with Gasteiger partial charge in [-0.25, -0.2) is 9.78 Å². The lowest BCUT2D eigenvalue weighted by Gasteiger charge is -2.32. The van der Waals surface area contributed by atoms with Crippen LogP contribution in [0, 0.1) is 0 Å². The topological polar surface area (TPSA) is 67.4 Å². The van der Waals surface area contributed by atoms with Crippen LogP contribution < -0.4 is 10.2 Å². The molecular weight excluding hydrogens is 300 g/mol. The Morgan fingerprint density at radius 3 is 2.50 bits per heavy atom. The zero-order valence-electron chi connectivity index (χ0n) is 14.0. The number of aromatic nitrogens is 2. The molecule has 1 fully saturated rings. The van der Waals surface area contributed by atoms with E-state index >= 15 is 0 Å². The molecule has 0 radical (unpaired) electrons. The summed E-state index contributed by atoms with van der Waals surface area (Å²) in [5.74, 6) is 1.27. The number of hydrogen-bond acceptors (Lipinski definition) is 6. The number of amides is 1. The number of carbonyl (C=O) groups excluding carboxylic acids is 1. The van der Waals surface area contributed by atoms with Crippen molar-refractivity contribution >= 4 is 22.8 Å². The standard InChI is InChI=1S/C15H26N4O2S/c1-10(2)12-17-13(22-18-12)19-8-6-11(7-9-19)16-14(20)21-15(3,4)5/h10-11H,6-9H2,1-5H3,(H,16,20). The molecule has 2 rings (SSSR count). The minimum Gasteiger partial charge on any atom is -0.444 e. The maximum atomic E-state index is 11.8. The largest absolute Gasteiger partial charge is 0.444 e. The SMILES string of the molecule is CC(C)c1nsc(N2CCC(NC(=O)OC(C)(C)C)CC2)n1. The molecule has 1 aliphatic rings. The fourth-order valence-corrected chi connectivity index (χ4v) is 3.14. The van der Waals surface area contributed by atoms with Crippen molar-refractivity contribution in [1.29, 1.82) is 0 Å². The van der Waals surface area contributed by atoms with Gasteiger partial charge in [-0.3, -0.25) is 0 Å². The highest BCUT2D eigenvalue weighted by Gasteiger charge is 2.25. The number of carbonyl (C=O) groups is 1. The van der Waals surface area contributed by atoms with Crippen LogP contribution in [0.2, 0.25) is 0 Å². The van der Waals surface area contributed by atoms with Gasteiger partial charge in [0.15, 0.2) is 0 Å². The Hall–Kier alpha value is -1.37. The maximum absolute atomic E-state index is 11.8. The molecule has 1 saturated heterocycles. The minimum atomic E-state index is -0.454. The van der Waals surface area contributed by atoms with E-state index in [1.165, 1.54) is 11.5 Å². The third-order valence-electron chi connectivity index (χ3n) is 3.43. The van der Waals surface area contributed by atoms with Crippen molar-refractivity contribution in [3.8, 4) is 0 Å². The molecule has 1 N–H and O–H groups in total. The molecule has 0 spiro atoms. The van der Waals surface area contributed by atoms with E-state index in [0.29, 0.717) is 5.92 Å². The predicted molar refractivity (Wildman–Crippen MR) is 88.6 cm³/mol. The van der Waals surface area contributed by atoms with Gasteiger partial charge >= 0.3 is 6.09 Å². The quantitative estimate of drug-likeness (QED) is 0.924. The average molecular weight is 326 g/mol. The van der Waals surface area contributed by atoms with Gasteiger partial charge in [-0.1, -0.05) is 13.8 Å². The molecule has 124 valence electrons. The molecule has 1 aromatic rings. The summed E-state index contributed by atoms with van der Waals surface area (Å²) in [6, 6.07) is 0.170. The molecule has 1 aromatic heterocycles. The second kappa shape index (κ2) is 6.81. The lowest BCUT2D eigenvalue weighted by Crippen LogP contribution is -2.46. The summed E-state index contributed by atoms with van der Waals surface area (Å²) in [6.07, 6.45) is 1.47. The highest BCUT2D eigenvalue weighted by molar-refractivity contribution is 7.09. The number of rotatable bonds is 3. The van der Waals surface area contributed by atoms with Gasteiger partial charge in [0, 0.05) is 36.6 Å². The Labute approximate surface area is 136 Å². The zero-order valence-corrected chi connectivity index (χ0v) is 14.9. The van der Waals surface area contributed by atoms with E-state index in [9.17, 15) is 4.79 Å². The molecule has 0 unspecified atom stereocenters. The summed E-state index contributed by atoms with van der Waals surface area (Å²) in [5.41, 5.74) is -0.454. The fourth-order valence-electron chi connectivity index (χ4n) is 2.28. The normalized spacial score (nSPS) is 16.9. The van der Waals surface area contributed by atoms with Crippen LogP contribution in [-0.2, 0) is 4.74 Å². The van der Waals surface area contributed by atoms with Crippen molar-refractivity contribution < 1.29 is 9.53 Å². The van der Waals surface area contributed by atoms with Crippen molar-refractivity contribution in [2.45, 2.75) is 65.0 Å². The predicted octanol–water partition coefficient (Wildman–Crippen LogP) is 3.16. The number of anilines is 1. The first-order valence-corrected chi connectivity index (χ1v) is 8.60. The molecule has 6 nitrogen and oxygen atoms in total. The van der Waals surface area contributed by atoms with Crippen molar-refractivity contribution in [2.24, 2.45) is 0 Å². The average Bonchev–Trinajstić information content (AvgIpc) is 2.87. The van der Waals surface area contributed by atoms with E-state index in [4.69, 9.17) is 4.74 Å². The summed E-state index contributed by atoms with van der Waals surface area (Å²) in [5, 5.41) is 3.94. The number of hydrogen-bond donors (Lipinski definition) is 1. The third-order valence-corrected chi connectivity index (χ3v) is 4.22. The van der Waals surface area contributed by atoms with Crippen LogP contribution in [0.3, 0.4) is 0 Å². The van der Waals surface area contributed by atoms with Crippen LogP contribution in [0.5, 0.6) is 0 Å². The molecule has 1 amide bonds. The molecule has 0 bridgehead atoms. The molecule has 0 aromatic carbocycles. The summed E-state index contributed by atoms with van der Waals surface area (Å²) in [4.78, 5) is 18.6. The summed E-state index contributed by atoms with van der Waals surface area (Å²) in [6.45, 7) is 11.6. The van der Waals surface area contributed by atoms with E-state index in [-0.39, 0.29) is 12.1 Å². The first kappa shape index (κ1) is 17.0. The van der Waals surface area contributed by atoms with Crippen molar-refractivity contribution in [3.63, 3.8) is 0 Å². The van der Waals surface area contributed by atoms with E-state index < -0.39 is 5.60 Å². The van der Waals surface area contributed by atoms with Gasteiger partial charge in [0.25, 0.3) is 0 Å². The fraction of sp³-hybridized carbons (Fsp3) is 0.800. The second-order valence-corrected chi connectivity index (χ2v) is 7.73. The summed E-state index contributed by atoms with van der Waals surface area (Å²) in [7, 11) is 0. The summed E-state index contributed by atoms with van der Waals surface area (Å²) < 4.78 is 9.70. The van der Waals surface area contributed by atoms with Gasteiger partial charge in [-0.15, -0.1) is 0 Å². The molecule has 7 heteroatoms. The molecule has 2 heterocycles. The van der Waals surface area contributed by atoms with Gasteiger partial charge in [-0.05, 0) is 33.6 Å². The van der Waals surface area contributed by atoms with E-state index in [0.717, 1.165) is 36.9 Å². The Morgan fingerprint density at radius 2 is 2.00 bits per heavy atom. The summed E-state index contributed by atoms with van der Waals surface area (Å²) >= 11 is 1.46. The number of alkyl carbamates (subject to hydrolysis) is 1. The van der Waals surface area contributed by atoms with Crippen molar-refractivity contribution in [3.05, 3.63) is 5.82 Å². The molecule has 0 aliphatic carbocycles. The second-order valence-electron chi connectivity index (χ2n) is 7.00. The Bertz CT molecular complexity index is 502. The van der Waals surface area contributed by atoms with Crippen LogP contribution in [0.15, 0.2) is 0 Å². The van der Waals surface area contributed by atoms with Gasteiger partial charge in [-0.2, -0.15) is 4.37 Å². The number of nitrogens with one attached hydrogen (secondary N) is 1. The van der Waals surface area contributed by atoms with Crippen LogP contribution in [0.25, 0.3) is 0 Å². The Balaban J connectivity index is 1.81. The number of ether oxygens (including phenoxy) is 1. The van der Waals surface area contributed by atoms with Crippen LogP contribution in [-0.4, -0.2) is 40.2 Å². The molecule has 1 aliphatic heterocycles. The lowest BCUT2D eigenvalue weighted by atomic mass is 10.1. The van der Waals surface area contributed by atoms with Crippen molar-refractivity contribution in [2.75, 3.05) is 18.0 Å². The van der Waals surface area contributed by atoms with Crippen LogP contribution in [0.1, 0.15) is 59.2 Å². The highest BCUT2D eigenvalue weighted by Crippen LogP contribution is 2.24. The monoisotopic (exact) mass is 326 g/mol. The minimum absolute atomic E-state index is 0.170. The maximum Gasteiger partial charge on any atom is 0.407 e. The Kier molecular flexibility index (Phi) is 5.26. The van der Waals surface area contributed by atoms with Gasteiger partial charge in [0.2, 0.25) is 5.13 Å². The number of piperidine rings is 1. The molecular formula is C15H26N4O2S. The van der Waals surface area contributed by atoms with Crippen LogP contribution in [0.4, 0.5) is 9.93 Å². The molecule has 22 heavy (non-hydrogen) atoms. The number of nitrogens with zero attached hydrogens (tertiary/aromatic N) is 3. The third kappa shape index (κ3) is 4.83. The molecule has 0 atom stereocenters. The van der Waals surface area contributed by atoms with E-state index in [1.807, 2.05) is 20.8 Å². The zero-order chi connectivity index (χ0) is 16.3. The first-order valence-electron chi connectivity index (χ1n) is 7.82. The highest BCUT2D eigenvalue weighted by atomic mass is 32.1. The Morgan fingerprint density at radius 1 is 1.36 bits per heavy atom. The van der Waals surface area contributed by atoms with Crippen molar-refractivity contribution in [1.82, 2.24) is 14.7 Å². The smallest absolute Gasteiger partial charge is 0.407 e.